The first-order valence-corrected chi connectivity index (χ1v) is 6.35. The second kappa shape index (κ2) is 4.40. The third-order valence-corrected chi connectivity index (χ3v) is 5.32. The van der Waals surface area contributed by atoms with Crippen molar-refractivity contribution in [1.82, 2.24) is 0 Å². The number of alkyl halides is 1. The van der Waals surface area contributed by atoms with E-state index in [-0.39, 0.29) is 0 Å². The molecule has 0 aliphatic carbocycles. The minimum absolute atomic E-state index is 0.861. The lowest BCUT2D eigenvalue weighted by Gasteiger charge is -2.03. The van der Waals surface area contributed by atoms with Crippen molar-refractivity contribution in [1.29, 1.82) is 0 Å². The molecule has 0 aliphatic heterocycles. The van der Waals surface area contributed by atoms with Gasteiger partial charge in [0, 0.05) is 18.7 Å². The molecule has 0 aliphatic rings. The molecule has 11 heavy (non-hydrogen) atoms. The van der Waals surface area contributed by atoms with Gasteiger partial charge in [0.1, 0.15) is 0 Å². The van der Waals surface area contributed by atoms with Crippen LogP contribution in [0.15, 0.2) is 25.6 Å². The van der Waals surface area contributed by atoms with Gasteiger partial charge in [0.25, 0.3) is 0 Å². The van der Waals surface area contributed by atoms with Gasteiger partial charge < -0.3 is 0 Å². The van der Waals surface area contributed by atoms with E-state index in [1.165, 1.54) is 5.56 Å². The highest BCUT2D eigenvalue weighted by atomic mass is 79.9. The van der Waals surface area contributed by atoms with Crippen LogP contribution in [-0.4, -0.2) is 0 Å². The predicted octanol–water partition coefficient (Wildman–Crippen LogP) is 4.87. The molecule has 0 heterocycles. The summed E-state index contributed by atoms with van der Waals surface area (Å²) >= 11 is 13.8. The normalized spacial score (nSPS) is 10.2. The molecule has 0 amide bonds. The van der Waals surface area contributed by atoms with E-state index < -0.39 is 0 Å². The standard InChI is InChI=1S/C7H4Br4/c8-3-4-1-2-5(9)7(11)6(4)10/h1-2H,3H2. The van der Waals surface area contributed by atoms with Crippen molar-refractivity contribution in [3.05, 3.63) is 31.1 Å². The topological polar surface area (TPSA) is 0 Å². The van der Waals surface area contributed by atoms with Crippen LogP contribution in [0.2, 0.25) is 0 Å². The Hall–Kier alpha value is 1.14. The molecular weight excluding hydrogens is 404 g/mol. The van der Waals surface area contributed by atoms with E-state index in [0.29, 0.717) is 0 Å². The Labute approximate surface area is 99.3 Å². The zero-order valence-electron chi connectivity index (χ0n) is 5.37. The maximum absolute atomic E-state index is 3.48. The molecule has 0 aromatic heterocycles. The summed E-state index contributed by atoms with van der Waals surface area (Å²) in [5, 5.41) is 0.861. The number of rotatable bonds is 1. The Bertz CT molecular complexity index is 269. The van der Waals surface area contributed by atoms with Gasteiger partial charge in [-0.05, 0) is 59.4 Å². The third kappa shape index (κ3) is 2.29. The molecule has 0 N–H and O–H groups in total. The summed E-state index contributed by atoms with van der Waals surface area (Å²) in [4.78, 5) is 0. The number of benzene rings is 1. The fourth-order valence-electron chi connectivity index (χ4n) is 0.669. The summed E-state index contributed by atoms with van der Waals surface area (Å²) in [7, 11) is 0. The number of hydrogen-bond donors (Lipinski definition) is 0. The highest BCUT2D eigenvalue weighted by molar-refractivity contribution is 9.14. The minimum atomic E-state index is 0.861. The predicted molar refractivity (Wildman–Crippen MR) is 62.2 cm³/mol. The number of hydrogen-bond acceptors (Lipinski definition) is 0. The van der Waals surface area contributed by atoms with Crippen LogP contribution in [-0.2, 0) is 5.33 Å². The van der Waals surface area contributed by atoms with Crippen LogP contribution in [0.4, 0.5) is 0 Å². The molecule has 0 atom stereocenters. The van der Waals surface area contributed by atoms with E-state index in [2.05, 4.69) is 69.8 Å². The Morgan fingerprint density at radius 1 is 1.00 bits per heavy atom. The Kier molecular flexibility index (Phi) is 4.09. The fourth-order valence-corrected chi connectivity index (χ4v) is 2.98. The zero-order valence-corrected chi connectivity index (χ0v) is 11.7. The molecule has 1 rings (SSSR count). The lowest BCUT2D eigenvalue weighted by Crippen LogP contribution is -1.81. The molecule has 4 heteroatoms. The smallest absolute Gasteiger partial charge is 0.0462 e. The minimum Gasteiger partial charge on any atom is -0.0876 e. The molecule has 0 spiro atoms. The van der Waals surface area contributed by atoms with Crippen molar-refractivity contribution >= 4 is 63.7 Å². The molecule has 1 aromatic carbocycles. The van der Waals surface area contributed by atoms with Gasteiger partial charge in [-0.15, -0.1) is 0 Å². The van der Waals surface area contributed by atoms with Crippen LogP contribution in [0.3, 0.4) is 0 Å². The van der Waals surface area contributed by atoms with E-state index in [0.717, 1.165) is 18.7 Å². The molecule has 0 nitrogen and oxygen atoms in total. The molecule has 0 saturated carbocycles. The van der Waals surface area contributed by atoms with Gasteiger partial charge >= 0.3 is 0 Å². The van der Waals surface area contributed by atoms with E-state index in [1.807, 2.05) is 6.07 Å². The molecule has 0 saturated heterocycles. The average Bonchev–Trinajstić information content (AvgIpc) is 2.01. The summed E-state index contributed by atoms with van der Waals surface area (Å²) in [6, 6.07) is 4.08. The van der Waals surface area contributed by atoms with Gasteiger partial charge in [-0.2, -0.15) is 0 Å². The first-order chi connectivity index (χ1) is 5.16. The largest absolute Gasteiger partial charge is 0.0876 e. The van der Waals surface area contributed by atoms with Crippen LogP contribution < -0.4 is 0 Å². The maximum Gasteiger partial charge on any atom is 0.0462 e. The highest BCUT2D eigenvalue weighted by Gasteiger charge is 2.05. The SMILES string of the molecule is BrCc1ccc(Br)c(Br)c1Br. The van der Waals surface area contributed by atoms with Gasteiger partial charge in [0.15, 0.2) is 0 Å². The van der Waals surface area contributed by atoms with Crippen molar-refractivity contribution in [3.63, 3.8) is 0 Å². The summed E-state index contributed by atoms with van der Waals surface area (Å²) in [6.07, 6.45) is 0. The number of halogens is 4. The third-order valence-electron chi connectivity index (χ3n) is 1.26. The Balaban J connectivity index is 3.25. The first-order valence-electron chi connectivity index (χ1n) is 2.85. The van der Waals surface area contributed by atoms with Crippen molar-refractivity contribution in [2.75, 3.05) is 0 Å². The lowest BCUT2D eigenvalue weighted by molar-refractivity contribution is 1.36. The van der Waals surface area contributed by atoms with E-state index in [4.69, 9.17) is 0 Å². The molecule has 0 fully saturated rings. The molecule has 0 bridgehead atoms. The summed E-state index contributed by atoms with van der Waals surface area (Å²) in [5.74, 6) is 0. The van der Waals surface area contributed by atoms with E-state index in [1.54, 1.807) is 0 Å². The summed E-state index contributed by atoms with van der Waals surface area (Å²) in [6.45, 7) is 0. The Morgan fingerprint density at radius 3 is 2.18 bits per heavy atom. The van der Waals surface area contributed by atoms with Crippen molar-refractivity contribution in [2.45, 2.75) is 5.33 Å². The van der Waals surface area contributed by atoms with Crippen LogP contribution in [0.25, 0.3) is 0 Å². The fraction of sp³-hybridized carbons (Fsp3) is 0.143. The summed E-state index contributed by atoms with van der Waals surface area (Å²) in [5.41, 5.74) is 1.24. The Morgan fingerprint density at radius 2 is 1.64 bits per heavy atom. The lowest BCUT2D eigenvalue weighted by atomic mass is 10.2. The van der Waals surface area contributed by atoms with Crippen molar-refractivity contribution in [3.8, 4) is 0 Å². The average molecular weight is 408 g/mol. The van der Waals surface area contributed by atoms with Gasteiger partial charge in [-0.1, -0.05) is 22.0 Å². The van der Waals surface area contributed by atoms with Crippen LogP contribution in [0.5, 0.6) is 0 Å². The van der Waals surface area contributed by atoms with Crippen molar-refractivity contribution < 1.29 is 0 Å². The highest BCUT2D eigenvalue weighted by Crippen LogP contribution is 2.34. The van der Waals surface area contributed by atoms with Crippen molar-refractivity contribution in [2.24, 2.45) is 0 Å². The summed E-state index contributed by atoms with van der Waals surface area (Å²) < 4.78 is 3.23. The second-order valence-electron chi connectivity index (χ2n) is 1.97. The molecule has 0 radical (unpaired) electrons. The van der Waals surface area contributed by atoms with Crippen LogP contribution in [0.1, 0.15) is 5.56 Å². The molecule has 60 valence electrons. The molecule has 0 unspecified atom stereocenters. The first kappa shape index (κ1) is 10.2. The van der Waals surface area contributed by atoms with Gasteiger partial charge in [-0.25, -0.2) is 0 Å². The maximum atomic E-state index is 3.48. The zero-order chi connectivity index (χ0) is 8.43. The molecular formula is C7H4Br4. The monoisotopic (exact) mass is 404 g/mol. The van der Waals surface area contributed by atoms with Gasteiger partial charge in [0.05, 0.1) is 0 Å². The van der Waals surface area contributed by atoms with E-state index >= 15 is 0 Å². The van der Waals surface area contributed by atoms with Gasteiger partial charge in [-0.3, -0.25) is 0 Å². The molecule has 1 aromatic rings. The quantitative estimate of drug-likeness (QED) is 0.460. The van der Waals surface area contributed by atoms with Crippen LogP contribution >= 0.6 is 63.7 Å². The second-order valence-corrected chi connectivity index (χ2v) is 4.97. The van der Waals surface area contributed by atoms with Gasteiger partial charge in [0.2, 0.25) is 0 Å². The van der Waals surface area contributed by atoms with Crippen LogP contribution in [0, 0.1) is 0 Å². The van der Waals surface area contributed by atoms with E-state index in [9.17, 15) is 0 Å².